The first-order valence-electron chi connectivity index (χ1n) is 9.08. The summed E-state index contributed by atoms with van der Waals surface area (Å²) in [6.45, 7) is 3.96. The van der Waals surface area contributed by atoms with Crippen molar-refractivity contribution < 1.29 is 14.4 Å². The lowest BCUT2D eigenvalue weighted by atomic mass is 9.96. The predicted octanol–water partition coefficient (Wildman–Crippen LogP) is 0.698. The van der Waals surface area contributed by atoms with Gasteiger partial charge in [-0.25, -0.2) is 9.69 Å². The van der Waals surface area contributed by atoms with E-state index in [1.165, 1.54) is 0 Å². The molecule has 0 bridgehead atoms. The summed E-state index contributed by atoms with van der Waals surface area (Å²) in [5.41, 5.74) is -0.748. The van der Waals surface area contributed by atoms with Crippen molar-refractivity contribution in [2.75, 3.05) is 26.7 Å². The fraction of sp³-hybridized carbons (Fsp3) is 0.824. The Bertz CT molecular complexity index is 528. The molecule has 2 aliphatic heterocycles. The lowest BCUT2D eigenvalue weighted by molar-refractivity contribution is -0.143. The van der Waals surface area contributed by atoms with Crippen LogP contribution in [0, 0.1) is 5.92 Å². The summed E-state index contributed by atoms with van der Waals surface area (Å²) in [6, 6.07) is -1.14. The van der Waals surface area contributed by atoms with Gasteiger partial charge in [0.15, 0.2) is 0 Å². The number of urea groups is 1. The molecule has 7 heteroatoms. The van der Waals surface area contributed by atoms with Crippen LogP contribution in [0.1, 0.15) is 45.4 Å². The van der Waals surface area contributed by atoms with Gasteiger partial charge < -0.3 is 15.5 Å². The number of nitrogens with one attached hydrogen (secondary N) is 2. The van der Waals surface area contributed by atoms with E-state index >= 15 is 0 Å². The monoisotopic (exact) mass is 336 g/mol. The second-order valence-electron chi connectivity index (χ2n) is 7.42. The lowest BCUT2D eigenvalue weighted by Gasteiger charge is -2.35. The summed E-state index contributed by atoms with van der Waals surface area (Å²) in [4.78, 5) is 41.0. The minimum Gasteiger partial charge on any atom is -0.341 e. The summed E-state index contributed by atoms with van der Waals surface area (Å²) < 4.78 is 0. The van der Waals surface area contributed by atoms with Crippen molar-refractivity contribution in [3.05, 3.63) is 0 Å². The maximum Gasteiger partial charge on any atom is 0.325 e. The van der Waals surface area contributed by atoms with Crippen molar-refractivity contribution in [3.8, 4) is 0 Å². The van der Waals surface area contributed by atoms with E-state index in [-0.39, 0.29) is 11.8 Å². The second kappa shape index (κ2) is 6.70. The maximum atomic E-state index is 12.9. The summed E-state index contributed by atoms with van der Waals surface area (Å²) in [6.07, 6.45) is 5.33. The van der Waals surface area contributed by atoms with Crippen molar-refractivity contribution in [1.29, 1.82) is 0 Å². The molecule has 0 aromatic rings. The third-order valence-corrected chi connectivity index (χ3v) is 5.72. The summed E-state index contributed by atoms with van der Waals surface area (Å²) in [5.74, 6) is 0.105. The Morgan fingerprint density at radius 3 is 2.71 bits per heavy atom. The zero-order chi connectivity index (χ0) is 17.3. The van der Waals surface area contributed by atoms with Crippen LogP contribution in [0.15, 0.2) is 0 Å². The highest BCUT2D eigenvalue weighted by atomic mass is 16.2. The number of carbonyl (C=O) groups is 3. The fourth-order valence-electron chi connectivity index (χ4n) is 4.41. The van der Waals surface area contributed by atoms with E-state index in [9.17, 15) is 14.4 Å². The van der Waals surface area contributed by atoms with Gasteiger partial charge in [-0.1, -0.05) is 12.8 Å². The van der Waals surface area contributed by atoms with E-state index in [1.807, 2.05) is 11.9 Å². The normalized spacial score (nSPS) is 27.7. The Balaban J connectivity index is 1.69. The molecule has 0 radical (unpaired) electrons. The van der Waals surface area contributed by atoms with Crippen LogP contribution in [0.3, 0.4) is 0 Å². The predicted molar refractivity (Wildman–Crippen MR) is 89.3 cm³/mol. The van der Waals surface area contributed by atoms with Crippen molar-refractivity contribution >= 4 is 17.8 Å². The summed E-state index contributed by atoms with van der Waals surface area (Å²) in [7, 11) is 1.91. The molecule has 4 amide bonds. The molecule has 7 nitrogen and oxygen atoms in total. The number of hydrogen-bond acceptors (Lipinski definition) is 4. The molecule has 2 heterocycles. The van der Waals surface area contributed by atoms with Gasteiger partial charge in [-0.15, -0.1) is 0 Å². The van der Waals surface area contributed by atoms with E-state index in [1.54, 1.807) is 6.92 Å². The molecular weight excluding hydrogens is 308 g/mol. The Kier molecular flexibility index (Phi) is 4.80. The number of nitrogens with zero attached hydrogens (tertiary/aromatic N) is 2. The lowest BCUT2D eigenvalue weighted by Crippen LogP contribution is -2.53. The average molecular weight is 336 g/mol. The number of imide groups is 1. The van der Waals surface area contributed by atoms with Gasteiger partial charge >= 0.3 is 6.03 Å². The van der Waals surface area contributed by atoms with Crippen molar-refractivity contribution in [1.82, 2.24) is 20.4 Å². The first kappa shape index (κ1) is 17.2. The molecule has 2 unspecified atom stereocenters. The van der Waals surface area contributed by atoms with Crippen LogP contribution in [0.5, 0.6) is 0 Å². The summed E-state index contributed by atoms with van der Waals surface area (Å²) >= 11 is 0. The molecule has 1 aliphatic carbocycles. The molecule has 1 spiro atoms. The van der Waals surface area contributed by atoms with Crippen LogP contribution in [0.25, 0.3) is 0 Å². The molecule has 2 N–H and O–H groups in total. The van der Waals surface area contributed by atoms with Gasteiger partial charge in [-0.2, -0.15) is 0 Å². The zero-order valence-electron chi connectivity index (χ0n) is 14.6. The van der Waals surface area contributed by atoms with Gasteiger partial charge in [-0.3, -0.25) is 9.59 Å². The van der Waals surface area contributed by atoms with Crippen LogP contribution < -0.4 is 10.6 Å². The number of amides is 4. The van der Waals surface area contributed by atoms with E-state index in [4.69, 9.17) is 0 Å². The van der Waals surface area contributed by atoms with Crippen molar-refractivity contribution in [2.24, 2.45) is 5.92 Å². The molecule has 3 fully saturated rings. The SMILES string of the molecule is CNCC1CCCN(C(=O)C(C)N2C(=O)NC3(CCCC3)C2=O)C1. The number of rotatable bonds is 4. The van der Waals surface area contributed by atoms with E-state index in [2.05, 4.69) is 10.6 Å². The fourth-order valence-corrected chi connectivity index (χ4v) is 4.41. The Morgan fingerprint density at radius 1 is 1.33 bits per heavy atom. The average Bonchev–Trinajstić information content (AvgIpc) is 3.13. The molecule has 1 saturated carbocycles. The zero-order valence-corrected chi connectivity index (χ0v) is 14.6. The van der Waals surface area contributed by atoms with Crippen LogP contribution in [-0.4, -0.2) is 65.9 Å². The minimum absolute atomic E-state index is 0.116. The molecule has 3 rings (SSSR count). The molecule has 134 valence electrons. The van der Waals surface area contributed by atoms with E-state index < -0.39 is 17.6 Å². The van der Waals surface area contributed by atoms with Crippen LogP contribution >= 0.6 is 0 Å². The van der Waals surface area contributed by atoms with E-state index in [0.717, 1.165) is 37.1 Å². The van der Waals surface area contributed by atoms with Gasteiger partial charge in [0, 0.05) is 13.1 Å². The number of carbonyl (C=O) groups excluding carboxylic acids is 3. The van der Waals surface area contributed by atoms with Gasteiger partial charge in [0.2, 0.25) is 5.91 Å². The van der Waals surface area contributed by atoms with Gasteiger partial charge in [0.25, 0.3) is 5.91 Å². The smallest absolute Gasteiger partial charge is 0.325 e. The highest BCUT2D eigenvalue weighted by molar-refractivity contribution is 6.09. The van der Waals surface area contributed by atoms with Crippen molar-refractivity contribution in [2.45, 2.75) is 57.0 Å². The minimum atomic E-state index is -0.748. The number of hydrogen-bond donors (Lipinski definition) is 2. The topological polar surface area (TPSA) is 81.8 Å². The maximum absolute atomic E-state index is 12.9. The van der Waals surface area contributed by atoms with Crippen LogP contribution in [0.4, 0.5) is 4.79 Å². The molecule has 2 saturated heterocycles. The molecule has 24 heavy (non-hydrogen) atoms. The highest BCUT2D eigenvalue weighted by Gasteiger charge is 2.54. The summed E-state index contributed by atoms with van der Waals surface area (Å²) in [5, 5.41) is 6.02. The first-order chi connectivity index (χ1) is 11.5. The Hall–Kier alpha value is -1.63. The largest absolute Gasteiger partial charge is 0.341 e. The third-order valence-electron chi connectivity index (χ3n) is 5.72. The number of piperidine rings is 1. The molecule has 0 aromatic heterocycles. The van der Waals surface area contributed by atoms with Crippen LogP contribution in [-0.2, 0) is 9.59 Å². The van der Waals surface area contributed by atoms with Crippen molar-refractivity contribution in [3.63, 3.8) is 0 Å². The van der Waals surface area contributed by atoms with Gasteiger partial charge in [0.05, 0.1) is 0 Å². The third kappa shape index (κ3) is 2.90. The van der Waals surface area contributed by atoms with Crippen LogP contribution in [0.2, 0.25) is 0 Å². The van der Waals surface area contributed by atoms with E-state index in [0.29, 0.717) is 31.8 Å². The Labute approximate surface area is 143 Å². The standard InChI is InChI=1S/C17H28N4O3/c1-12(14(22)20-9-5-6-13(11-20)10-18-2)21-15(23)17(19-16(21)24)7-3-4-8-17/h12-13,18H,3-11H2,1-2H3,(H,19,24). The van der Waals surface area contributed by atoms with Gasteiger partial charge in [-0.05, 0) is 52.1 Å². The van der Waals surface area contributed by atoms with Gasteiger partial charge in [0.1, 0.15) is 11.6 Å². The highest BCUT2D eigenvalue weighted by Crippen LogP contribution is 2.36. The Morgan fingerprint density at radius 2 is 2.04 bits per heavy atom. The quantitative estimate of drug-likeness (QED) is 0.741. The number of likely N-dealkylation sites (tertiary alicyclic amines) is 1. The second-order valence-corrected chi connectivity index (χ2v) is 7.42. The molecule has 3 aliphatic rings. The molecular formula is C17H28N4O3. The first-order valence-corrected chi connectivity index (χ1v) is 9.08. The molecule has 0 aromatic carbocycles. The molecule has 2 atom stereocenters.